The minimum absolute atomic E-state index is 0. The van der Waals surface area contributed by atoms with Gasteiger partial charge in [-0.15, -0.1) is 0 Å². The number of imidazole rings is 1. The van der Waals surface area contributed by atoms with Crippen molar-refractivity contribution in [1.82, 2.24) is 4.57 Å². The van der Waals surface area contributed by atoms with Crippen molar-refractivity contribution in [2.75, 3.05) is 0 Å². The second kappa shape index (κ2) is 5.12. The van der Waals surface area contributed by atoms with Crippen molar-refractivity contribution in [3.05, 3.63) is 29.8 Å². The maximum absolute atomic E-state index is 13.2. The minimum Gasteiger partial charge on any atom is -1.00 e. The van der Waals surface area contributed by atoms with Crippen LogP contribution in [0.1, 0.15) is 19.7 Å². The quantitative estimate of drug-likeness (QED) is 0.513. The number of benzene rings is 1. The topological polar surface area (TPSA) is 8.81 Å². The lowest BCUT2D eigenvalue weighted by atomic mass is 10.3. The van der Waals surface area contributed by atoms with Gasteiger partial charge in [-0.25, -0.2) is 13.5 Å². The molecule has 0 N–H and O–H groups in total. The lowest BCUT2D eigenvalue weighted by molar-refractivity contribution is -0.674. The van der Waals surface area contributed by atoms with Crippen molar-refractivity contribution < 1.29 is 32.9 Å². The largest absolute Gasteiger partial charge is 1.00 e. The molecule has 0 saturated carbocycles. The van der Waals surface area contributed by atoms with E-state index in [0.29, 0.717) is 0 Å². The summed E-state index contributed by atoms with van der Waals surface area (Å²) in [5, 5.41) is 0. The normalized spacial score (nSPS) is 10.5. The van der Waals surface area contributed by atoms with Crippen molar-refractivity contribution in [3.8, 4) is 0 Å². The van der Waals surface area contributed by atoms with Crippen LogP contribution >= 0.6 is 0 Å². The fourth-order valence-corrected chi connectivity index (χ4v) is 2.23. The predicted molar refractivity (Wildman–Crippen MR) is 58.2 cm³/mol. The van der Waals surface area contributed by atoms with Crippen LogP contribution in [0, 0.1) is 12.7 Å². The van der Waals surface area contributed by atoms with Crippen LogP contribution in [-0.2, 0) is 13.1 Å². The first-order chi connectivity index (χ1) is 7.19. The number of aryl methyl sites for hydroxylation is 2. The van der Waals surface area contributed by atoms with Crippen LogP contribution < -0.4 is 28.5 Å². The molecule has 1 heterocycles. The maximum atomic E-state index is 13.2. The summed E-state index contributed by atoms with van der Waals surface area (Å²) in [7, 11) is 0. The molecule has 0 saturated heterocycles. The van der Waals surface area contributed by atoms with E-state index in [4.69, 9.17) is 0 Å². The fourth-order valence-electron chi connectivity index (χ4n) is 2.23. The van der Waals surface area contributed by atoms with Gasteiger partial charge in [0.1, 0.15) is 5.82 Å². The second-order valence-corrected chi connectivity index (χ2v) is 3.67. The van der Waals surface area contributed by atoms with Crippen LogP contribution in [0.5, 0.6) is 0 Å². The molecule has 0 radical (unpaired) electrons. The number of aromatic nitrogens is 2. The number of halogens is 2. The summed E-state index contributed by atoms with van der Waals surface area (Å²) in [6.07, 6.45) is 0. The molecule has 0 spiro atoms. The average molecular weight is 334 g/mol. The summed E-state index contributed by atoms with van der Waals surface area (Å²) in [6.45, 7) is 8.05. The number of fused-ring (bicyclic) bond motifs is 1. The molecule has 0 aliphatic carbocycles. The Balaban J connectivity index is 0.00000128. The van der Waals surface area contributed by atoms with Gasteiger partial charge in [0.15, 0.2) is 11.0 Å². The van der Waals surface area contributed by atoms with E-state index in [9.17, 15) is 4.39 Å². The molecular weight excluding hydrogens is 318 g/mol. The summed E-state index contributed by atoms with van der Waals surface area (Å²) < 4.78 is 17.5. The Kier molecular flexibility index (Phi) is 4.29. The number of hydrogen-bond donors (Lipinski definition) is 0. The van der Waals surface area contributed by atoms with Crippen molar-refractivity contribution in [2.24, 2.45) is 0 Å². The van der Waals surface area contributed by atoms with E-state index in [1.54, 1.807) is 6.07 Å². The number of nitrogens with zero attached hydrogens (tertiary/aromatic N) is 2. The zero-order valence-corrected chi connectivity index (χ0v) is 12.0. The van der Waals surface area contributed by atoms with Crippen molar-refractivity contribution in [3.63, 3.8) is 0 Å². The lowest BCUT2D eigenvalue weighted by Crippen LogP contribution is -3.00. The summed E-state index contributed by atoms with van der Waals surface area (Å²) in [4.78, 5) is 0. The zero-order valence-electron chi connectivity index (χ0n) is 9.80. The van der Waals surface area contributed by atoms with Gasteiger partial charge < -0.3 is 24.0 Å². The molecule has 0 aliphatic heterocycles. The second-order valence-electron chi connectivity index (χ2n) is 3.67. The molecular formula is C12H16FIN2. The lowest BCUT2D eigenvalue weighted by Gasteiger charge is -1.94. The molecule has 0 unspecified atom stereocenters. The molecule has 16 heavy (non-hydrogen) atoms. The Bertz CT molecular complexity index is 505. The molecule has 1 aromatic heterocycles. The van der Waals surface area contributed by atoms with Gasteiger partial charge in [0.05, 0.1) is 13.1 Å². The van der Waals surface area contributed by atoms with E-state index in [-0.39, 0.29) is 29.8 Å². The third kappa shape index (κ3) is 1.95. The predicted octanol–water partition coefficient (Wildman–Crippen LogP) is -0.580. The van der Waals surface area contributed by atoms with Gasteiger partial charge in [-0.1, -0.05) is 0 Å². The average Bonchev–Trinajstić information content (AvgIpc) is 2.48. The highest BCUT2D eigenvalue weighted by atomic mass is 127. The zero-order chi connectivity index (χ0) is 11.0. The standard InChI is InChI=1S/C12H16FN2.HI/c1-4-14-9(3)15(5-2)12-8-10(13)6-7-11(12)14;/h6-8H,4-5H2,1-3H3;1H/q+1;/p-1. The molecule has 0 bridgehead atoms. The molecule has 0 aliphatic rings. The van der Waals surface area contributed by atoms with Gasteiger partial charge in [-0.3, -0.25) is 0 Å². The van der Waals surface area contributed by atoms with Gasteiger partial charge in [-0.2, -0.15) is 0 Å². The smallest absolute Gasteiger partial charge is 0.254 e. The van der Waals surface area contributed by atoms with Crippen LogP contribution in [0.25, 0.3) is 11.0 Å². The van der Waals surface area contributed by atoms with Crippen LogP contribution in [-0.4, -0.2) is 4.57 Å². The van der Waals surface area contributed by atoms with E-state index in [0.717, 1.165) is 24.1 Å². The Morgan fingerprint density at radius 2 is 2.00 bits per heavy atom. The minimum atomic E-state index is -0.169. The van der Waals surface area contributed by atoms with Crippen molar-refractivity contribution >= 4 is 11.0 Å². The molecule has 2 aromatic rings. The van der Waals surface area contributed by atoms with Gasteiger partial charge in [0.2, 0.25) is 0 Å². The van der Waals surface area contributed by atoms with Gasteiger partial charge >= 0.3 is 0 Å². The Hall–Kier alpha value is -0.650. The van der Waals surface area contributed by atoms with E-state index in [1.807, 2.05) is 6.07 Å². The van der Waals surface area contributed by atoms with Gasteiger partial charge in [0, 0.05) is 13.0 Å². The van der Waals surface area contributed by atoms with Crippen LogP contribution in [0.3, 0.4) is 0 Å². The van der Waals surface area contributed by atoms with Crippen LogP contribution in [0.2, 0.25) is 0 Å². The highest BCUT2D eigenvalue weighted by molar-refractivity contribution is 5.72. The third-order valence-electron chi connectivity index (χ3n) is 2.93. The molecule has 2 rings (SSSR count). The summed E-state index contributed by atoms with van der Waals surface area (Å²) >= 11 is 0. The van der Waals surface area contributed by atoms with E-state index in [2.05, 4.69) is 29.9 Å². The molecule has 0 atom stereocenters. The SMILES string of the molecule is CCn1c(C)[n+](CC)c2ccc(F)cc21.[I-]. The molecule has 88 valence electrons. The number of hydrogen-bond acceptors (Lipinski definition) is 0. The van der Waals surface area contributed by atoms with Gasteiger partial charge in [0.25, 0.3) is 5.82 Å². The molecule has 0 amide bonds. The highest BCUT2D eigenvalue weighted by Gasteiger charge is 2.19. The first-order valence-corrected chi connectivity index (χ1v) is 5.37. The maximum Gasteiger partial charge on any atom is 0.254 e. The van der Waals surface area contributed by atoms with Crippen molar-refractivity contribution in [2.45, 2.75) is 33.9 Å². The Morgan fingerprint density at radius 1 is 1.31 bits per heavy atom. The molecule has 0 fully saturated rings. The Morgan fingerprint density at radius 3 is 2.56 bits per heavy atom. The molecule has 4 heteroatoms. The van der Waals surface area contributed by atoms with Gasteiger partial charge in [-0.05, 0) is 26.0 Å². The highest BCUT2D eigenvalue weighted by Crippen LogP contribution is 2.15. The van der Waals surface area contributed by atoms with E-state index in [1.165, 1.54) is 11.9 Å². The van der Waals surface area contributed by atoms with E-state index >= 15 is 0 Å². The van der Waals surface area contributed by atoms with E-state index < -0.39 is 0 Å². The number of rotatable bonds is 2. The van der Waals surface area contributed by atoms with Crippen LogP contribution in [0.4, 0.5) is 4.39 Å². The van der Waals surface area contributed by atoms with Crippen LogP contribution in [0.15, 0.2) is 18.2 Å². The monoisotopic (exact) mass is 334 g/mol. The molecule has 1 aromatic carbocycles. The summed E-state index contributed by atoms with van der Waals surface area (Å²) in [5.41, 5.74) is 2.09. The first-order valence-electron chi connectivity index (χ1n) is 5.37. The van der Waals surface area contributed by atoms with Crippen molar-refractivity contribution in [1.29, 1.82) is 0 Å². The third-order valence-corrected chi connectivity index (χ3v) is 2.93. The molecule has 2 nitrogen and oxygen atoms in total. The summed E-state index contributed by atoms with van der Waals surface area (Å²) in [6, 6.07) is 4.99. The fraction of sp³-hybridized carbons (Fsp3) is 0.417. The Labute approximate surface area is 112 Å². The summed E-state index contributed by atoms with van der Waals surface area (Å²) in [5.74, 6) is 1.01. The first kappa shape index (κ1) is 13.4.